The van der Waals surface area contributed by atoms with Crippen molar-refractivity contribution >= 4 is 25.8 Å². The van der Waals surface area contributed by atoms with Gasteiger partial charge < -0.3 is 10.4 Å². The van der Waals surface area contributed by atoms with E-state index in [4.69, 9.17) is 5.11 Å². The second-order valence-electron chi connectivity index (χ2n) is 4.11. The van der Waals surface area contributed by atoms with Gasteiger partial charge in [0.25, 0.3) is 0 Å². The summed E-state index contributed by atoms with van der Waals surface area (Å²) in [6.45, 7) is 0.401. The van der Waals surface area contributed by atoms with E-state index in [1.54, 1.807) is 0 Å². The van der Waals surface area contributed by atoms with Gasteiger partial charge in [-0.2, -0.15) is 4.31 Å². The Labute approximate surface area is 106 Å². The van der Waals surface area contributed by atoms with E-state index in [2.05, 4.69) is 5.32 Å². The minimum absolute atomic E-state index is 0.0213. The molecule has 1 saturated heterocycles. The van der Waals surface area contributed by atoms with Crippen molar-refractivity contribution in [3.05, 3.63) is 0 Å². The van der Waals surface area contributed by atoms with Crippen molar-refractivity contribution in [3.8, 4) is 0 Å². The number of aliphatic carboxylic acids is 1. The number of sulfonamides is 1. The van der Waals surface area contributed by atoms with Crippen LogP contribution in [0.3, 0.4) is 0 Å². The molecule has 0 aromatic heterocycles. The number of carbonyl (C=O) groups is 1. The highest BCUT2D eigenvalue weighted by atomic mass is 32.2. The number of carboxylic acids is 1. The molecule has 0 aliphatic carbocycles. The van der Waals surface area contributed by atoms with Gasteiger partial charge in [0, 0.05) is 25.9 Å². The first-order valence-corrected chi connectivity index (χ1v) is 8.91. The minimum Gasteiger partial charge on any atom is -0.480 e. The molecule has 0 aromatic carbocycles. The van der Waals surface area contributed by atoms with Crippen LogP contribution in [0, 0.1) is 0 Å². The molecule has 18 heavy (non-hydrogen) atoms. The molecule has 8 nitrogen and oxygen atoms in total. The van der Waals surface area contributed by atoms with Gasteiger partial charge in [0.05, 0.1) is 11.5 Å². The van der Waals surface area contributed by atoms with E-state index in [0.29, 0.717) is 6.54 Å². The summed E-state index contributed by atoms with van der Waals surface area (Å²) in [4.78, 5) is 10.9. The van der Waals surface area contributed by atoms with E-state index in [-0.39, 0.29) is 13.1 Å². The molecular formula is C8H16N2O6S2. The van der Waals surface area contributed by atoms with Crippen LogP contribution in [0.1, 0.15) is 0 Å². The van der Waals surface area contributed by atoms with Crippen LogP contribution in [-0.2, 0) is 24.7 Å². The Morgan fingerprint density at radius 1 is 1.33 bits per heavy atom. The summed E-state index contributed by atoms with van der Waals surface area (Å²) < 4.78 is 46.6. The maximum atomic E-state index is 11.9. The fourth-order valence-corrected chi connectivity index (χ4v) is 4.81. The van der Waals surface area contributed by atoms with Crippen LogP contribution in [0.25, 0.3) is 0 Å². The Morgan fingerprint density at radius 2 is 1.94 bits per heavy atom. The number of piperazine rings is 1. The summed E-state index contributed by atoms with van der Waals surface area (Å²) in [5.41, 5.74) is 0. The number of hydrogen-bond acceptors (Lipinski definition) is 6. The minimum atomic E-state index is -3.88. The van der Waals surface area contributed by atoms with Crippen LogP contribution in [-0.4, -0.2) is 75.7 Å². The molecule has 0 saturated carbocycles. The zero-order valence-corrected chi connectivity index (χ0v) is 11.5. The second-order valence-corrected chi connectivity index (χ2v) is 8.42. The lowest BCUT2D eigenvalue weighted by molar-refractivity contribution is -0.141. The van der Waals surface area contributed by atoms with Crippen molar-refractivity contribution in [3.63, 3.8) is 0 Å². The Kier molecular flexibility index (Phi) is 4.70. The predicted molar refractivity (Wildman–Crippen MR) is 64.5 cm³/mol. The number of hydrogen-bond donors (Lipinski definition) is 2. The highest BCUT2D eigenvalue weighted by Gasteiger charge is 2.36. The maximum Gasteiger partial charge on any atom is 0.323 e. The molecule has 0 aromatic rings. The quantitative estimate of drug-likeness (QED) is 0.586. The molecule has 1 fully saturated rings. The lowest BCUT2D eigenvalue weighted by atomic mass is 10.2. The second kappa shape index (κ2) is 5.51. The van der Waals surface area contributed by atoms with Gasteiger partial charge in [-0.25, -0.2) is 16.8 Å². The first kappa shape index (κ1) is 15.3. The standard InChI is InChI=1S/C8H16N2O6S2/c1-17(13,14)4-5-18(15,16)10-3-2-9-6-7(10)8(11)12/h7,9H,2-6H2,1H3,(H,11,12). The van der Waals surface area contributed by atoms with Crippen molar-refractivity contribution in [1.82, 2.24) is 9.62 Å². The Bertz CT molecular complexity index is 512. The molecule has 1 heterocycles. The van der Waals surface area contributed by atoms with Crippen LogP contribution in [0.15, 0.2) is 0 Å². The van der Waals surface area contributed by atoms with Crippen LogP contribution in [0.5, 0.6) is 0 Å². The fourth-order valence-electron chi connectivity index (χ4n) is 1.60. The third-order valence-electron chi connectivity index (χ3n) is 2.55. The molecule has 2 N–H and O–H groups in total. The monoisotopic (exact) mass is 300 g/mol. The zero-order valence-electron chi connectivity index (χ0n) is 9.87. The summed E-state index contributed by atoms with van der Waals surface area (Å²) >= 11 is 0. The summed E-state index contributed by atoms with van der Waals surface area (Å²) in [6.07, 6.45) is 0.939. The van der Waals surface area contributed by atoms with Gasteiger partial charge >= 0.3 is 5.97 Å². The van der Waals surface area contributed by atoms with Gasteiger partial charge in [-0.3, -0.25) is 4.79 Å². The lowest BCUT2D eigenvalue weighted by Gasteiger charge is -2.32. The summed E-state index contributed by atoms with van der Waals surface area (Å²) in [5, 5.41) is 11.7. The average Bonchev–Trinajstić information content (AvgIpc) is 2.26. The number of nitrogens with one attached hydrogen (secondary N) is 1. The highest BCUT2D eigenvalue weighted by Crippen LogP contribution is 2.11. The van der Waals surface area contributed by atoms with Crippen LogP contribution >= 0.6 is 0 Å². The first-order valence-electron chi connectivity index (χ1n) is 5.24. The summed E-state index contributed by atoms with van der Waals surface area (Å²) in [7, 11) is -7.28. The lowest BCUT2D eigenvalue weighted by Crippen LogP contribution is -2.57. The summed E-state index contributed by atoms with van der Waals surface area (Å²) in [5.74, 6) is -2.34. The van der Waals surface area contributed by atoms with Crippen LogP contribution in [0.2, 0.25) is 0 Å². The fraction of sp³-hybridized carbons (Fsp3) is 0.875. The molecule has 106 valence electrons. The van der Waals surface area contributed by atoms with Gasteiger partial charge in [-0.15, -0.1) is 0 Å². The number of sulfone groups is 1. The van der Waals surface area contributed by atoms with E-state index in [9.17, 15) is 21.6 Å². The van der Waals surface area contributed by atoms with Gasteiger partial charge in [-0.05, 0) is 0 Å². The van der Waals surface area contributed by atoms with Crippen molar-refractivity contribution in [1.29, 1.82) is 0 Å². The van der Waals surface area contributed by atoms with Gasteiger partial charge in [-0.1, -0.05) is 0 Å². The smallest absolute Gasteiger partial charge is 0.323 e. The Morgan fingerprint density at radius 3 is 2.44 bits per heavy atom. The molecule has 1 atom stereocenters. The van der Waals surface area contributed by atoms with E-state index >= 15 is 0 Å². The topological polar surface area (TPSA) is 121 Å². The Hall–Kier alpha value is -0.710. The van der Waals surface area contributed by atoms with Gasteiger partial charge in [0.15, 0.2) is 0 Å². The number of rotatable bonds is 5. The normalized spacial score (nSPS) is 22.8. The molecule has 10 heteroatoms. The zero-order chi connectivity index (χ0) is 14.0. The van der Waals surface area contributed by atoms with E-state index in [1.807, 2.05) is 0 Å². The predicted octanol–water partition coefficient (Wildman–Crippen LogP) is -2.28. The van der Waals surface area contributed by atoms with E-state index in [1.165, 1.54) is 0 Å². The van der Waals surface area contributed by atoms with Gasteiger partial charge in [0.1, 0.15) is 15.9 Å². The highest BCUT2D eigenvalue weighted by molar-refractivity contribution is 7.93. The third-order valence-corrected chi connectivity index (χ3v) is 5.62. The Balaban J connectivity index is 2.85. The van der Waals surface area contributed by atoms with Crippen molar-refractivity contribution in [2.75, 3.05) is 37.4 Å². The van der Waals surface area contributed by atoms with Crippen molar-refractivity contribution in [2.24, 2.45) is 0 Å². The number of nitrogens with zero attached hydrogens (tertiary/aromatic N) is 1. The van der Waals surface area contributed by atoms with E-state index in [0.717, 1.165) is 10.6 Å². The first-order chi connectivity index (χ1) is 8.13. The van der Waals surface area contributed by atoms with Gasteiger partial charge in [0.2, 0.25) is 10.0 Å². The third kappa shape index (κ3) is 4.19. The largest absolute Gasteiger partial charge is 0.480 e. The molecule has 0 spiro atoms. The van der Waals surface area contributed by atoms with Crippen molar-refractivity contribution < 1.29 is 26.7 Å². The van der Waals surface area contributed by atoms with Crippen LogP contribution in [0.4, 0.5) is 0 Å². The molecule has 0 amide bonds. The molecule has 0 bridgehead atoms. The average molecular weight is 300 g/mol. The molecule has 0 radical (unpaired) electrons. The molecule has 1 aliphatic rings. The number of carboxylic acid groups (broad SMARTS) is 1. The molecule has 1 unspecified atom stereocenters. The SMILES string of the molecule is CS(=O)(=O)CCS(=O)(=O)N1CCNCC1C(=O)O. The van der Waals surface area contributed by atoms with Crippen molar-refractivity contribution in [2.45, 2.75) is 6.04 Å². The summed E-state index contributed by atoms with van der Waals surface area (Å²) in [6, 6.07) is -1.18. The molecule has 1 aliphatic heterocycles. The molecule has 1 rings (SSSR count). The van der Waals surface area contributed by atoms with E-state index < -0.39 is 43.4 Å². The maximum absolute atomic E-state index is 11.9. The van der Waals surface area contributed by atoms with Crippen LogP contribution < -0.4 is 5.32 Å². The molecular weight excluding hydrogens is 284 g/mol.